The highest BCUT2D eigenvalue weighted by Crippen LogP contribution is 2.05. The van der Waals surface area contributed by atoms with Crippen LogP contribution in [0.4, 0.5) is 0 Å². The predicted octanol–water partition coefficient (Wildman–Crippen LogP) is 0.879. The Labute approximate surface area is 87.3 Å². The van der Waals surface area contributed by atoms with Gasteiger partial charge in [-0.25, -0.2) is 0 Å². The lowest BCUT2D eigenvalue weighted by molar-refractivity contribution is 0.158. The second kappa shape index (κ2) is 7.21. The second-order valence-electron chi connectivity index (χ2n) is 4.18. The van der Waals surface area contributed by atoms with Crippen LogP contribution in [-0.2, 0) is 0 Å². The molecule has 14 heavy (non-hydrogen) atoms. The Morgan fingerprint density at radius 1 is 1.43 bits per heavy atom. The number of nitrogens with one attached hydrogen (secondary N) is 2. The first-order valence-electron chi connectivity index (χ1n) is 5.95. The fourth-order valence-electron chi connectivity index (χ4n) is 1.88. The van der Waals surface area contributed by atoms with Crippen LogP contribution in [-0.4, -0.2) is 36.9 Å². The fraction of sp³-hybridized carbons (Fsp3) is 1.00. The Kier molecular flexibility index (Phi) is 6.15. The van der Waals surface area contributed by atoms with Crippen molar-refractivity contribution in [3.05, 3.63) is 0 Å². The quantitative estimate of drug-likeness (QED) is 0.617. The molecule has 3 nitrogen and oxygen atoms in total. The third-order valence-corrected chi connectivity index (χ3v) is 2.96. The smallest absolute Gasteiger partial charge is 0.0549 e. The van der Waals surface area contributed by atoms with E-state index in [9.17, 15) is 5.11 Å². The Morgan fingerprint density at radius 2 is 2.29 bits per heavy atom. The number of hydrogen-bond donors (Lipinski definition) is 3. The molecule has 1 saturated heterocycles. The lowest BCUT2D eigenvalue weighted by Gasteiger charge is -2.16. The Balaban J connectivity index is 2.04. The van der Waals surface area contributed by atoms with Gasteiger partial charge in [0.2, 0.25) is 0 Å². The maximum atomic E-state index is 9.39. The molecule has 1 fully saturated rings. The van der Waals surface area contributed by atoms with Crippen molar-refractivity contribution < 1.29 is 5.11 Å². The summed E-state index contributed by atoms with van der Waals surface area (Å²) in [5, 5.41) is 16.3. The van der Waals surface area contributed by atoms with Gasteiger partial charge in [0, 0.05) is 6.04 Å². The highest BCUT2D eigenvalue weighted by atomic mass is 16.3. The van der Waals surface area contributed by atoms with E-state index >= 15 is 0 Å². The van der Waals surface area contributed by atoms with Crippen LogP contribution < -0.4 is 10.6 Å². The van der Waals surface area contributed by atoms with Crippen molar-refractivity contribution in [1.82, 2.24) is 10.6 Å². The highest BCUT2D eigenvalue weighted by molar-refractivity contribution is 4.72. The van der Waals surface area contributed by atoms with Crippen molar-refractivity contribution in [2.45, 2.75) is 51.2 Å². The molecule has 2 atom stereocenters. The second-order valence-corrected chi connectivity index (χ2v) is 4.18. The molecule has 0 aromatic carbocycles. The summed E-state index contributed by atoms with van der Waals surface area (Å²) in [6.45, 7) is 5.28. The van der Waals surface area contributed by atoms with Crippen LogP contribution >= 0.6 is 0 Å². The molecule has 0 spiro atoms. The molecule has 0 aromatic heterocycles. The van der Waals surface area contributed by atoms with Gasteiger partial charge in [0.1, 0.15) is 0 Å². The minimum atomic E-state index is -0.119. The first-order chi connectivity index (χ1) is 6.83. The van der Waals surface area contributed by atoms with Crippen LogP contribution in [0.25, 0.3) is 0 Å². The number of rotatable bonds is 5. The number of aliphatic hydroxyl groups is 1. The van der Waals surface area contributed by atoms with E-state index in [1.165, 1.54) is 19.3 Å². The summed E-state index contributed by atoms with van der Waals surface area (Å²) >= 11 is 0. The molecule has 0 aliphatic carbocycles. The zero-order chi connectivity index (χ0) is 10.2. The first-order valence-corrected chi connectivity index (χ1v) is 5.95. The molecule has 1 rings (SSSR count). The summed E-state index contributed by atoms with van der Waals surface area (Å²) in [7, 11) is 0. The van der Waals surface area contributed by atoms with Gasteiger partial charge < -0.3 is 15.7 Å². The Morgan fingerprint density at radius 3 is 3.07 bits per heavy atom. The standard InChI is InChI=1S/C11H24N2O/c1-2-11(14)6-9-13-10-4-3-7-12-8-5-10/h10-14H,2-9H2,1H3. The normalized spacial score (nSPS) is 25.7. The molecule has 1 aliphatic rings. The third-order valence-electron chi connectivity index (χ3n) is 2.96. The van der Waals surface area contributed by atoms with E-state index in [1.54, 1.807) is 0 Å². The summed E-state index contributed by atoms with van der Waals surface area (Å²) in [4.78, 5) is 0. The minimum absolute atomic E-state index is 0.119. The van der Waals surface area contributed by atoms with E-state index in [0.717, 1.165) is 32.5 Å². The molecule has 0 radical (unpaired) electrons. The molecule has 84 valence electrons. The molecule has 1 aliphatic heterocycles. The van der Waals surface area contributed by atoms with E-state index in [4.69, 9.17) is 0 Å². The van der Waals surface area contributed by atoms with Crippen molar-refractivity contribution in [3.8, 4) is 0 Å². The van der Waals surface area contributed by atoms with Gasteiger partial charge in [-0.2, -0.15) is 0 Å². The van der Waals surface area contributed by atoms with Crippen molar-refractivity contribution in [2.24, 2.45) is 0 Å². The molecule has 0 bridgehead atoms. The lowest BCUT2D eigenvalue weighted by Crippen LogP contribution is -2.32. The van der Waals surface area contributed by atoms with Gasteiger partial charge in [-0.3, -0.25) is 0 Å². The monoisotopic (exact) mass is 200 g/mol. The van der Waals surface area contributed by atoms with Crippen LogP contribution in [0.1, 0.15) is 39.0 Å². The van der Waals surface area contributed by atoms with Gasteiger partial charge >= 0.3 is 0 Å². The lowest BCUT2D eigenvalue weighted by atomic mass is 10.1. The van der Waals surface area contributed by atoms with E-state index in [1.807, 2.05) is 6.92 Å². The van der Waals surface area contributed by atoms with Crippen molar-refractivity contribution in [3.63, 3.8) is 0 Å². The van der Waals surface area contributed by atoms with E-state index in [0.29, 0.717) is 6.04 Å². The summed E-state index contributed by atoms with van der Waals surface area (Å²) in [6.07, 6.45) is 5.41. The van der Waals surface area contributed by atoms with Crippen molar-refractivity contribution in [2.75, 3.05) is 19.6 Å². The van der Waals surface area contributed by atoms with Crippen LogP contribution in [0.3, 0.4) is 0 Å². The average molecular weight is 200 g/mol. The molecular formula is C11H24N2O. The molecule has 3 heteroatoms. The van der Waals surface area contributed by atoms with E-state index < -0.39 is 0 Å². The summed E-state index contributed by atoms with van der Waals surface area (Å²) in [5.74, 6) is 0. The van der Waals surface area contributed by atoms with E-state index in [-0.39, 0.29) is 6.10 Å². The van der Waals surface area contributed by atoms with Gasteiger partial charge in [-0.05, 0) is 51.7 Å². The summed E-state index contributed by atoms with van der Waals surface area (Å²) in [5.41, 5.74) is 0. The maximum absolute atomic E-state index is 9.39. The molecule has 2 unspecified atom stereocenters. The van der Waals surface area contributed by atoms with Crippen LogP contribution in [0.2, 0.25) is 0 Å². The number of aliphatic hydroxyl groups excluding tert-OH is 1. The van der Waals surface area contributed by atoms with Crippen molar-refractivity contribution in [1.29, 1.82) is 0 Å². The van der Waals surface area contributed by atoms with Crippen LogP contribution in [0, 0.1) is 0 Å². The van der Waals surface area contributed by atoms with Gasteiger partial charge in [0.25, 0.3) is 0 Å². The van der Waals surface area contributed by atoms with Crippen LogP contribution in [0.5, 0.6) is 0 Å². The topological polar surface area (TPSA) is 44.3 Å². The third kappa shape index (κ3) is 4.94. The minimum Gasteiger partial charge on any atom is -0.393 e. The molecule has 1 heterocycles. The molecule has 0 saturated carbocycles. The zero-order valence-electron chi connectivity index (χ0n) is 9.26. The van der Waals surface area contributed by atoms with Crippen LogP contribution in [0.15, 0.2) is 0 Å². The first kappa shape index (κ1) is 12.0. The largest absolute Gasteiger partial charge is 0.393 e. The molecule has 3 N–H and O–H groups in total. The SMILES string of the molecule is CCC(O)CCNC1CCCNCC1. The molecule has 0 aromatic rings. The predicted molar refractivity (Wildman–Crippen MR) is 59.4 cm³/mol. The summed E-state index contributed by atoms with van der Waals surface area (Å²) < 4.78 is 0. The Bertz CT molecular complexity index is 133. The maximum Gasteiger partial charge on any atom is 0.0549 e. The van der Waals surface area contributed by atoms with Gasteiger partial charge in [-0.1, -0.05) is 6.92 Å². The Hall–Kier alpha value is -0.120. The van der Waals surface area contributed by atoms with E-state index in [2.05, 4.69) is 10.6 Å². The fourth-order valence-corrected chi connectivity index (χ4v) is 1.88. The van der Waals surface area contributed by atoms with Gasteiger partial charge in [0.05, 0.1) is 6.10 Å². The molecule has 0 amide bonds. The van der Waals surface area contributed by atoms with Gasteiger partial charge in [0.15, 0.2) is 0 Å². The number of hydrogen-bond acceptors (Lipinski definition) is 3. The average Bonchev–Trinajstić information content (AvgIpc) is 2.46. The molecular weight excluding hydrogens is 176 g/mol. The van der Waals surface area contributed by atoms with Crippen molar-refractivity contribution >= 4 is 0 Å². The van der Waals surface area contributed by atoms with Gasteiger partial charge in [-0.15, -0.1) is 0 Å². The zero-order valence-corrected chi connectivity index (χ0v) is 9.26. The summed E-state index contributed by atoms with van der Waals surface area (Å²) in [6, 6.07) is 0.661. The highest BCUT2D eigenvalue weighted by Gasteiger charge is 2.11.